The van der Waals surface area contributed by atoms with E-state index in [0.29, 0.717) is 5.88 Å². The van der Waals surface area contributed by atoms with E-state index >= 15 is 0 Å². The van der Waals surface area contributed by atoms with Crippen LogP contribution in [0.1, 0.15) is 5.69 Å². The first-order chi connectivity index (χ1) is 6.31. The zero-order valence-corrected chi connectivity index (χ0v) is 9.14. The van der Waals surface area contributed by atoms with E-state index in [1.165, 1.54) is 5.39 Å². The summed E-state index contributed by atoms with van der Waals surface area (Å²) in [6.07, 6.45) is 1.78. The van der Waals surface area contributed by atoms with Crippen LogP contribution >= 0.6 is 27.5 Å². The molecule has 0 aliphatic heterocycles. The number of fused-ring (bicyclic) bond motifs is 1. The fourth-order valence-corrected chi connectivity index (χ4v) is 1.91. The van der Waals surface area contributed by atoms with Crippen molar-refractivity contribution < 1.29 is 0 Å². The summed E-state index contributed by atoms with van der Waals surface area (Å²) in [5, 5.41) is 2.29. The number of hydrogen-bond acceptors (Lipinski definition) is 1. The molecule has 2 aromatic rings. The molecule has 0 amide bonds. The van der Waals surface area contributed by atoms with Crippen molar-refractivity contribution in [3.63, 3.8) is 0 Å². The van der Waals surface area contributed by atoms with Crippen molar-refractivity contribution in [1.29, 1.82) is 0 Å². The van der Waals surface area contributed by atoms with E-state index in [2.05, 4.69) is 27.0 Å². The topological polar surface area (TPSA) is 12.9 Å². The van der Waals surface area contributed by atoms with Gasteiger partial charge in [-0.15, -0.1) is 11.6 Å². The van der Waals surface area contributed by atoms with E-state index in [0.717, 1.165) is 15.6 Å². The van der Waals surface area contributed by atoms with Crippen LogP contribution in [0.5, 0.6) is 0 Å². The van der Waals surface area contributed by atoms with Crippen molar-refractivity contribution in [2.75, 3.05) is 0 Å². The lowest BCUT2D eigenvalue weighted by Gasteiger charge is -2.01. The fourth-order valence-electron chi connectivity index (χ4n) is 1.32. The highest BCUT2D eigenvalue weighted by molar-refractivity contribution is 9.10. The molecule has 2 rings (SSSR count). The van der Waals surface area contributed by atoms with Crippen molar-refractivity contribution in [2.45, 2.75) is 5.88 Å². The first kappa shape index (κ1) is 8.97. The Morgan fingerprint density at radius 2 is 2.15 bits per heavy atom. The Balaban J connectivity index is 2.77. The third-order valence-electron chi connectivity index (χ3n) is 1.94. The molecule has 1 nitrogen and oxygen atoms in total. The Hall–Kier alpha value is -0.600. The highest BCUT2D eigenvalue weighted by atomic mass is 79.9. The van der Waals surface area contributed by atoms with Crippen molar-refractivity contribution >= 4 is 38.3 Å². The smallest absolute Gasteiger partial charge is 0.0653 e. The first-order valence-corrected chi connectivity index (χ1v) is 5.23. The summed E-state index contributed by atoms with van der Waals surface area (Å²) in [5.41, 5.74) is 0.937. The van der Waals surface area contributed by atoms with Gasteiger partial charge in [0, 0.05) is 16.1 Å². The fraction of sp³-hybridized carbons (Fsp3) is 0.100. The summed E-state index contributed by atoms with van der Waals surface area (Å²) in [6.45, 7) is 0. The van der Waals surface area contributed by atoms with Gasteiger partial charge in [-0.1, -0.05) is 22.0 Å². The summed E-state index contributed by atoms with van der Waals surface area (Å²) in [7, 11) is 0. The molecule has 0 aliphatic rings. The summed E-state index contributed by atoms with van der Waals surface area (Å²) in [4.78, 5) is 4.21. The SMILES string of the molecule is ClCc1nccc2cc(Br)ccc12. The molecule has 1 aromatic heterocycles. The Morgan fingerprint density at radius 1 is 1.31 bits per heavy atom. The summed E-state index contributed by atoms with van der Waals surface area (Å²) in [6, 6.07) is 8.08. The molecule has 0 N–H and O–H groups in total. The van der Waals surface area contributed by atoms with Gasteiger partial charge in [0.05, 0.1) is 11.6 Å². The van der Waals surface area contributed by atoms with E-state index in [9.17, 15) is 0 Å². The molecule has 1 heterocycles. The predicted molar refractivity (Wildman–Crippen MR) is 59.0 cm³/mol. The van der Waals surface area contributed by atoms with Gasteiger partial charge in [-0.3, -0.25) is 4.98 Å². The van der Waals surface area contributed by atoms with Crippen LogP contribution < -0.4 is 0 Å². The molecule has 0 saturated carbocycles. The van der Waals surface area contributed by atoms with Crippen LogP contribution in [0.15, 0.2) is 34.9 Å². The molecule has 0 aliphatic carbocycles. The molecular weight excluding hydrogens is 249 g/mol. The van der Waals surface area contributed by atoms with Crippen LogP contribution in [0, 0.1) is 0 Å². The minimum absolute atomic E-state index is 0.457. The Labute approximate surface area is 89.9 Å². The molecule has 0 atom stereocenters. The zero-order chi connectivity index (χ0) is 9.26. The molecule has 0 saturated heterocycles. The molecule has 3 heteroatoms. The molecule has 0 unspecified atom stereocenters. The summed E-state index contributed by atoms with van der Waals surface area (Å²) in [5.74, 6) is 0.457. The largest absolute Gasteiger partial charge is 0.259 e. The van der Waals surface area contributed by atoms with E-state index in [1.807, 2.05) is 18.2 Å². The third kappa shape index (κ3) is 1.69. The molecule has 13 heavy (non-hydrogen) atoms. The van der Waals surface area contributed by atoms with Gasteiger partial charge in [-0.25, -0.2) is 0 Å². The van der Waals surface area contributed by atoms with Gasteiger partial charge < -0.3 is 0 Å². The standard InChI is InChI=1S/C10H7BrClN/c11-8-1-2-9-7(5-8)3-4-13-10(9)6-12/h1-5H,6H2. The summed E-state index contributed by atoms with van der Waals surface area (Å²) >= 11 is 9.20. The van der Waals surface area contributed by atoms with Crippen LogP contribution in [0.4, 0.5) is 0 Å². The van der Waals surface area contributed by atoms with Crippen molar-refractivity contribution in [3.05, 3.63) is 40.6 Å². The third-order valence-corrected chi connectivity index (χ3v) is 2.68. The minimum Gasteiger partial charge on any atom is -0.259 e. The number of aromatic nitrogens is 1. The van der Waals surface area contributed by atoms with E-state index < -0.39 is 0 Å². The van der Waals surface area contributed by atoms with Crippen LogP contribution in [-0.4, -0.2) is 4.98 Å². The maximum Gasteiger partial charge on any atom is 0.0653 e. The maximum absolute atomic E-state index is 5.77. The molecule has 0 spiro atoms. The minimum atomic E-state index is 0.457. The van der Waals surface area contributed by atoms with Crippen LogP contribution in [0.3, 0.4) is 0 Å². The molecule has 0 bridgehead atoms. The van der Waals surface area contributed by atoms with Gasteiger partial charge in [0.15, 0.2) is 0 Å². The van der Waals surface area contributed by atoms with Crippen molar-refractivity contribution in [2.24, 2.45) is 0 Å². The number of pyridine rings is 1. The van der Waals surface area contributed by atoms with Gasteiger partial charge in [0.1, 0.15) is 0 Å². The highest BCUT2D eigenvalue weighted by Gasteiger charge is 2.00. The van der Waals surface area contributed by atoms with Crippen LogP contribution in [-0.2, 0) is 5.88 Å². The Bertz CT molecular complexity index is 442. The van der Waals surface area contributed by atoms with Gasteiger partial charge >= 0.3 is 0 Å². The Morgan fingerprint density at radius 3 is 2.92 bits per heavy atom. The second-order valence-corrected chi connectivity index (χ2v) is 3.94. The lowest BCUT2D eigenvalue weighted by atomic mass is 10.1. The van der Waals surface area contributed by atoms with Gasteiger partial charge in [-0.05, 0) is 23.6 Å². The molecule has 0 radical (unpaired) electrons. The number of nitrogens with zero attached hydrogens (tertiary/aromatic N) is 1. The van der Waals surface area contributed by atoms with Gasteiger partial charge in [-0.2, -0.15) is 0 Å². The van der Waals surface area contributed by atoms with E-state index in [1.54, 1.807) is 6.20 Å². The van der Waals surface area contributed by atoms with E-state index in [-0.39, 0.29) is 0 Å². The van der Waals surface area contributed by atoms with Gasteiger partial charge in [0.25, 0.3) is 0 Å². The number of alkyl halides is 1. The lowest BCUT2D eigenvalue weighted by Crippen LogP contribution is -1.86. The van der Waals surface area contributed by atoms with E-state index in [4.69, 9.17) is 11.6 Å². The monoisotopic (exact) mass is 255 g/mol. The van der Waals surface area contributed by atoms with Gasteiger partial charge in [0.2, 0.25) is 0 Å². The quantitative estimate of drug-likeness (QED) is 0.708. The predicted octanol–water partition coefficient (Wildman–Crippen LogP) is 3.74. The first-order valence-electron chi connectivity index (χ1n) is 3.90. The highest BCUT2D eigenvalue weighted by Crippen LogP contribution is 2.22. The average molecular weight is 257 g/mol. The van der Waals surface area contributed by atoms with Crippen LogP contribution in [0.25, 0.3) is 10.8 Å². The Kier molecular flexibility index (Phi) is 2.51. The summed E-state index contributed by atoms with van der Waals surface area (Å²) < 4.78 is 1.08. The molecule has 0 fully saturated rings. The number of benzene rings is 1. The molecule has 1 aromatic carbocycles. The average Bonchev–Trinajstić information content (AvgIpc) is 2.16. The molecule has 66 valence electrons. The van der Waals surface area contributed by atoms with Crippen molar-refractivity contribution in [1.82, 2.24) is 4.98 Å². The molecular formula is C10H7BrClN. The number of rotatable bonds is 1. The maximum atomic E-state index is 5.77. The number of halogens is 2. The normalized spacial score (nSPS) is 10.6. The van der Waals surface area contributed by atoms with Crippen molar-refractivity contribution in [3.8, 4) is 0 Å². The second kappa shape index (κ2) is 3.64. The lowest BCUT2D eigenvalue weighted by molar-refractivity contribution is 1.20. The number of hydrogen-bond donors (Lipinski definition) is 0. The van der Waals surface area contributed by atoms with Crippen LogP contribution in [0.2, 0.25) is 0 Å². The zero-order valence-electron chi connectivity index (χ0n) is 6.80. The second-order valence-electron chi connectivity index (χ2n) is 2.76.